The van der Waals surface area contributed by atoms with Gasteiger partial charge in [0.15, 0.2) is 0 Å². The molecule has 0 aliphatic rings. The fraction of sp³-hybridized carbons (Fsp3) is 0.286. The average Bonchev–Trinajstić information content (AvgIpc) is 2.99. The summed E-state index contributed by atoms with van der Waals surface area (Å²) in [7, 11) is 3.03. The van der Waals surface area contributed by atoms with E-state index in [1.807, 2.05) is 6.07 Å². The van der Waals surface area contributed by atoms with Gasteiger partial charge in [-0.25, -0.2) is 4.79 Å². The summed E-state index contributed by atoms with van der Waals surface area (Å²) in [5.74, 6) is 0.0481. The molecule has 1 heterocycles. The Morgan fingerprint density at radius 1 is 1.14 bits per heavy atom. The number of hydrogen-bond donors (Lipinski definition) is 1. The highest BCUT2D eigenvalue weighted by Gasteiger charge is 2.24. The number of rotatable bonds is 7. The van der Waals surface area contributed by atoms with Crippen LogP contribution in [0.3, 0.4) is 0 Å². The second-order valence-corrected chi connectivity index (χ2v) is 5.99. The number of ketones is 1. The number of benzene rings is 1. The van der Waals surface area contributed by atoms with Crippen molar-refractivity contribution in [3.63, 3.8) is 0 Å². The molecular formula is C21H22N2O5. The number of allylic oxidation sites excluding steroid dienone is 1. The minimum Gasteiger partial charge on any atom is -0.497 e. The Morgan fingerprint density at radius 3 is 2.25 bits per heavy atom. The highest BCUT2D eigenvalue weighted by atomic mass is 16.5. The molecule has 146 valence electrons. The minimum atomic E-state index is -0.513. The molecule has 0 amide bonds. The van der Waals surface area contributed by atoms with Crippen LogP contribution in [0.4, 0.5) is 0 Å². The van der Waals surface area contributed by atoms with Crippen molar-refractivity contribution in [1.29, 1.82) is 5.26 Å². The Hall–Kier alpha value is -3.53. The van der Waals surface area contributed by atoms with E-state index in [1.54, 1.807) is 39.0 Å². The molecule has 0 aliphatic carbocycles. The van der Waals surface area contributed by atoms with Gasteiger partial charge in [-0.1, -0.05) is 0 Å². The number of nitriles is 1. The van der Waals surface area contributed by atoms with Gasteiger partial charge in [0.2, 0.25) is 5.78 Å². The van der Waals surface area contributed by atoms with Crippen molar-refractivity contribution >= 4 is 17.8 Å². The van der Waals surface area contributed by atoms with Gasteiger partial charge in [0.1, 0.15) is 23.1 Å². The Balaban J connectivity index is 2.48. The monoisotopic (exact) mass is 382 g/mol. The van der Waals surface area contributed by atoms with Gasteiger partial charge in [0.05, 0.1) is 32.1 Å². The number of methoxy groups -OCH3 is 2. The molecule has 7 nitrogen and oxygen atoms in total. The molecule has 1 N–H and O–H groups in total. The van der Waals surface area contributed by atoms with Crippen molar-refractivity contribution < 1.29 is 23.8 Å². The molecule has 1 aromatic carbocycles. The van der Waals surface area contributed by atoms with Gasteiger partial charge in [-0.3, -0.25) is 4.79 Å². The van der Waals surface area contributed by atoms with Crippen LogP contribution in [-0.2, 0) is 4.74 Å². The van der Waals surface area contributed by atoms with Crippen molar-refractivity contribution in [3.8, 4) is 17.6 Å². The number of aryl methyl sites for hydroxylation is 1. The van der Waals surface area contributed by atoms with Crippen molar-refractivity contribution in [2.75, 3.05) is 20.8 Å². The highest BCUT2D eigenvalue weighted by Crippen LogP contribution is 2.26. The van der Waals surface area contributed by atoms with Crippen molar-refractivity contribution in [2.24, 2.45) is 0 Å². The number of hydrogen-bond acceptors (Lipinski definition) is 6. The third-order valence-corrected chi connectivity index (χ3v) is 4.19. The van der Waals surface area contributed by atoms with E-state index in [0.717, 1.165) is 0 Å². The van der Waals surface area contributed by atoms with E-state index >= 15 is 0 Å². The smallest absolute Gasteiger partial charge is 0.340 e. The number of nitrogens with one attached hydrogen (secondary N) is 1. The molecule has 0 saturated carbocycles. The number of carbonyl (C=O) groups excluding carboxylic acids is 2. The third kappa shape index (κ3) is 4.23. The van der Waals surface area contributed by atoms with E-state index in [2.05, 4.69) is 4.98 Å². The number of aromatic nitrogens is 1. The quantitative estimate of drug-likeness (QED) is 0.340. The summed E-state index contributed by atoms with van der Waals surface area (Å²) in [6, 6.07) is 6.99. The summed E-state index contributed by atoms with van der Waals surface area (Å²) in [6.45, 7) is 5.26. The topological polar surface area (TPSA) is 101 Å². The van der Waals surface area contributed by atoms with Gasteiger partial charge >= 0.3 is 5.97 Å². The third-order valence-electron chi connectivity index (χ3n) is 4.19. The molecule has 28 heavy (non-hydrogen) atoms. The highest BCUT2D eigenvalue weighted by molar-refractivity contribution is 6.15. The number of esters is 1. The maximum atomic E-state index is 12.9. The first-order chi connectivity index (χ1) is 13.4. The number of ether oxygens (including phenoxy) is 3. The zero-order valence-corrected chi connectivity index (χ0v) is 16.5. The number of Topliss-reactive ketones (excluding diaryl/α,β-unsaturated/α-hetero) is 1. The standard InChI is InChI=1S/C21H22N2O5/c1-6-28-21(25)18-12(2)19(23-13(18)3)20(24)15(11-22)7-14-8-16(26-4)10-17(9-14)27-5/h7-10,23H,6H2,1-5H3/b15-7+. The van der Waals surface area contributed by atoms with Crippen LogP contribution in [-0.4, -0.2) is 37.6 Å². The Kier molecular flexibility index (Phi) is 6.61. The zero-order valence-electron chi connectivity index (χ0n) is 16.5. The van der Waals surface area contributed by atoms with Crippen LogP contribution in [0.5, 0.6) is 11.5 Å². The van der Waals surface area contributed by atoms with Crippen LogP contribution < -0.4 is 9.47 Å². The van der Waals surface area contributed by atoms with Crippen molar-refractivity contribution in [3.05, 3.63) is 51.9 Å². The Labute approximate surface area is 163 Å². The molecular weight excluding hydrogens is 360 g/mol. The molecule has 0 aliphatic heterocycles. The molecule has 7 heteroatoms. The summed E-state index contributed by atoms with van der Waals surface area (Å²) in [5, 5.41) is 9.53. The van der Waals surface area contributed by atoms with Gasteiger partial charge in [0.25, 0.3) is 0 Å². The number of H-pyrrole nitrogens is 1. The fourth-order valence-electron chi connectivity index (χ4n) is 2.85. The average molecular weight is 382 g/mol. The predicted octanol–water partition coefficient (Wildman–Crippen LogP) is 3.62. The molecule has 2 rings (SSSR count). The number of carbonyl (C=O) groups is 2. The van der Waals surface area contributed by atoms with E-state index in [1.165, 1.54) is 20.3 Å². The first-order valence-electron chi connectivity index (χ1n) is 8.62. The maximum absolute atomic E-state index is 12.9. The van der Waals surface area contributed by atoms with Crippen LogP contribution in [0.2, 0.25) is 0 Å². The fourth-order valence-corrected chi connectivity index (χ4v) is 2.85. The number of nitrogens with zero attached hydrogens (tertiary/aromatic N) is 1. The van der Waals surface area contributed by atoms with E-state index in [0.29, 0.717) is 33.9 Å². The molecule has 0 unspecified atom stereocenters. The molecule has 0 spiro atoms. The summed E-state index contributed by atoms with van der Waals surface area (Å²) >= 11 is 0. The molecule has 1 aromatic heterocycles. The lowest BCUT2D eigenvalue weighted by atomic mass is 10.0. The first-order valence-corrected chi connectivity index (χ1v) is 8.62. The second-order valence-electron chi connectivity index (χ2n) is 5.99. The minimum absolute atomic E-state index is 0.0879. The lowest BCUT2D eigenvalue weighted by Gasteiger charge is -2.06. The molecule has 0 bridgehead atoms. The van der Waals surface area contributed by atoms with E-state index < -0.39 is 11.8 Å². The maximum Gasteiger partial charge on any atom is 0.340 e. The molecule has 0 saturated heterocycles. The van der Waals surface area contributed by atoms with Gasteiger partial charge < -0.3 is 19.2 Å². The molecule has 0 fully saturated rings. The SMILES string of the molecule is CCOC(=O)c1c(C)[nH]c(C(=O)/C(C#N)=C/c2cc(OC)cc(OC)c2)c1C. The second kappa shape index (κ2) is 8.91. The lowest BCUT2D eigenvalue weighted by Crippen LogP contribution is -2.08. The van der Waals surface area contributed by atoms with Crippen LogP contribution in [0, 0.1) is 25.2 Å². The van der Waals surface area contributed by atoms with Gasteiger partial charge in [0, 0.05) is 11.8 Å². The van der Waals surface area contributed by atoms with Gasteiger partial charge in [-0.05, 0) is 50.1 Å². The van der Waals surface area contributed by atoms with Gasteiger partial charge in [-0.15, -0.1) is 0 Å². The molecule has 0 radical (unpaired) electrons. The summed E-state index contributed by atoms with van der Waals surface area (Å²) in [4.78, 5) is 28.0. The lowest BCUT2D eigenvalue weighted by molar-refractivity contribution is 0.0525. The zero-order chi connectivity index (χ0) is 20.8. The Bertz CT molecular complexity index is 957. The van der Waals surface area contributed by atoms with Crippen LogP contribution >= 0.6 is 0 Å². The van der Waals surface area contributed by atoms with E-state index in [9.17, 15) is 14.9 Å². The van der Waals surface area contributed by atoms with Gasteiger partial charge in [-0.2, -0.15) is 5.26 Å². The van der Waals surface area contributed by atoms with Crippen LogP contribution in [0.25, 0.3) is 6.08 Å². The molecule has 0 atom stereocenters. The van der Waals surface area contributed by atoms with Crippen molar-refractivity contribution in [2.45, 2.75) is 20.8 Å². The van der Waals surface area contributed by atoms with E-state index in [4.69, 9.17) is 14.2 Å². The first kappa shape index (κ1) is 20.8. The van der Waals surface area contributed by atoms with Crippen molar-refractivity contribution in [1.82, 2.24) is 4.98 Å². The number of aromatic amines is 1. The van der Waals surface area contributed by atoms with E-state index in [-0.39, 0.29) is 17.9 Å². The Morgan fingerprint density at radius 2 is 1.75 bits per heavy atom. The molecule has 2 aromatic rings. The summed E-state index contributed by atoms with van der Waals surface area (Å²) in [6.07, 6.45) is 1.45. The normalized spacial score (nSPS) is 10.9. The van der Waals surface area contributed by atoms with Crippen LogP contribution in [0.15, 0.2) is 23.8 Å². The summed E-state index contributed by atoms with van der Waals surface area (Å²) in [5.41, 5.74) is 1.95. The summed E-state index contributed by atoms with van der Waals surface area (Å²) < 4.78 is 15.5. The largest absolute Gasteiger partial charge is 0.497 e. The predicted molar refractivity (Wildman–Crippen MR) is 104 cm³/mol. The van der Waals surface area contributed by atoms with Crippen LogP contribution in [0.1, 0.15) is 44.6 Å².